The summed E-state index contributed by atoms with van der Waals surface area (Å²) in [4.78, 5) is 0. The van der Waals surface area contributed by atoms with E-state index in [2.05, 4.69) is 6.92 Å². The van der Waals surface area contributed by atoms with Crippen molar-refractivity contribution in [3.8, 4) is 5.75 Å². The summed E-state index contributed by atoms with van der Waals surface area (Å²) in [5, 5.41) is 10.5. The van der Waals surface area contributed by atoms with Crippen LogP contribution < -0.4 is 4.74 Å². The molecule has 3 heteroatoms. The molecule has 0 spiro atoms. The van der Waals surface area contributed by atoms with Crippen LogP contribution in [0.5, 0.6) is 5.75 Å². The molecule has 1 fully saturated rings. The van der Waals surface area contributed by atoms with Gasteiger partial charge in [-0.2, -0.15) is 0 Å². The number of hydrogen-bond acceptors (Lipinski definition) is 3. The van der Waals surface area contributed by atoms with E-state index in [1.165, 1.54) is 12.0 Å². The van der Waals surface area contributed by atoms with Gasteiger partial charge >= 0.3 is 0 Å². The van der Waals surface area contributed by atoms with Crippen LogP contribution >= 0.6 is 0 Å². The van der Waals surface area contributed by atoms with E-state index in [-0.39, 0.29) is 0 Å². The summed E-state index contributed by atoms with van der Waals surface area (Å²) < 4.78 is 11.3. The normalized spacial score (nSPS) is 25.1. The molecule has 0 radical (unpaired) electrons. The zero-order valence-electron chi connectivity index (χ0n) is 11.5. The van der Waals surface area contributed by atoms with Crippen LogP contribution in [0.2, 0.25) is 0 Å². The Kier molecular flexibility index (Phi) is 2.64. The van der Waals surface area contributed by atoms with E-state index < -0.39 is 6.10 Å². The quantitative estimate of drug-likeness (QED) is 0.929. The first-order valence-electron chi connectivity index (χ1n) is 7.25. The number of benzene rings is 1. The number of hydrogen-bond donors (Lipinski definition) is 1. The average molecular weight is 270 g/mol. The molecule has 0 bridgehead atoms. The Morgan fingerprint density at radius 2 is 2.10 bits per heavy atom. The highest BCUT2D eigenvalue weighted by molar-refractivity contribution is 5.41. The van der Waals surface area contributed by atoms with Crippen LogP contribution in [-0.4, -0.2) is 11.7 Å². The third-order valence-corrected chi connectivity index (χ3v) is 4.42. The summed E-state index contributed by atoms with van der Waals surface area (Å²) in [6.45, 7) is 2.96. The second kappa shape index (κ2) is 4.38. The van der Waals surface area contributed by atoms with Crippen LogP contribution in [0, 0.1) is 5.92 Å². The first-order valence-corrected chi connectivity index (χ1v) is 7.25. The first-order chi connectivity index (χ1) is 9.72. The molecule has 0 saturated heterocycles. The Hall–Kier alpha value is -1.74. The van der Waals surface area contributed by atoms with Crippen molar-refractivity contribution in [2.24, 2.45) is 5.92 Å². The summed E-state index contributed by atoms with van der Waals surface area (Å²) in [5.74, 6) is 3.84. The lowest BCUT2D eigenvalue weighted by Crippen LogP contribution is -1.98. The van der Waals surface area contributed by atoms with Gasteiger partial charge < -0.3 is 14.3 Å². The number of furan rings is 1. The molecule has 20 heavy (non-hydrogen) atoms. The fraction of sp³-hybridized carbons (Fsp3) is 0.412. The molecule has 1 aliphatic carbocycles. The van der Waals surface area contributed by atoms with Crippen molar-refractivity contribution in [3.63, 3.8) is 0 Å². The Morgan fingerprint density at radius 3 is 2.90 bits per heavy atom. The van der Waals surface area contributed by atoms with Crippen LogP contribution in [0.15, 0.2) is 34.7 Å². The molecule has 3 nitrogen and oxygen atoms in total. The third-order valence-electron chi connectivity index (χ3n) is 4.42. The highest BCUT2D eigenvalue weighted by Crippen LogP contribution is 2.47. The van der Waals surface area contributed by atoms with Gasteiger partial charge in [0.1, 0.15) is 23.4 Å². The summed E-state index contributed by atoms with van der Waals surface area (Å²) in [6, 6.07) is 9.78. The van der Waals surface area contributed by atoms with Gasteiger partial charge in [-0.05, 0) is 47.7 Å². The van der Waals surface area contributed by atoms with Crippen LogP contribution in [0.4, 0.5) is 0 Å². The van der Waals surface area contributed by atoms with E-state index in [1.54, 1.807) is 0 Å². The highest BCUT2D eigenvalue weighted by atomic mass is 16.5. The minimum Gasteiger partial charge on any atom is -0.493 e. The number of ether oxygens (including phenoxy) is 1. The predicted octanol–water partition coefficient (Wildman–Crippen LogP) is 3.42. The lowest BCUT2D eigenvalue weighted by Gasteiger charge is -2.09. The van der Waals surface area contributed by atoms with Crippen molar-refractivity contribution in [2.45, 2.75) is 31.8 Å². The molecule has 0 amide bonds. The number of fused-ring (bicyclic) bond motifs is 1. The zero-order valence-corrected chi connectivity index (χ0v) is 11.5. The minimum absolute atomic E-state index is 0.546. The molecule has 3 unspecified atom stereocenters. The Morgan fingerprint density at radius 1 is 1.25 bits per heavy atom. The second-order valence-electron chi connectivity index (χ2n) is 5.93. The number of aliphatic hydroxyl groups excluding tert-OH is 1. The fourth-order valence-electron chi connectivity index (χ4n) is 2.97. The molecular formula is C17H18O3. The summed E-state index contributed by atoms with van der Waals surface area (Å²) in [6.07, 6.45) is 1.42. The molecular weight excluding hydrogens is 252 g/mol. The SMILES string of the molecule is CC1CC1c1ccc(C(O)c2ccc3c(c2)CCO3)o1. The fourth-order valence-corrected chi connectivity index (χ4v) is 2.97. The molecule has 2 aromatic rings. The Balaban J connectivity index is 1.60. The zero-order chi connectivity index (χ0) is 13.7. The van der Waals surface area contributed by atoms with Gasteiger partial charge in [0, 0.05) is 12.3 Å². The van der Waals surface area contributed by atoms with Gasteiger partial charge in [0.2, 0.25) is 0 Å². The van der Waals surface area contributed by atoms with E-state index in [4.69, 9.17) is 9.15 Å². The van der Waals surface area contributed by atoms with Crippen molar-refractivity contribution >= 4 is 0 Å². The van der Waals surface area contributed by atoms with Gasteiger partial charge in [0.05, 0.1) is 6.61 Å². The third kappa shape index (κ3) is 1.93. The summed E-state index contributed by atoms with van der Waals surface area (Å²) in [7, 11) is 0. The van der Waals surface area contributed by atoms with Gasteiger partial charge in [-0.1, -0.05) is 13.0 Å². The van der Waals surface area contributed by atoms with Gasteiger partial charge in [-0.25, -0.2) is 0 Å². The van der Waals surface area contributed by atoms with Gasteiger partial charge in [0.25, 0.3) is 0 Å². The second-order valence-corrected chi connectivity index (χ2v) is 5.93. The van der Waals surface area contributed by atoms with Gasteiger partial charge in [-0.15, -0.1) is 0 Å². The molecule has 4 rings (SSSR count). The lowest BCUT2D eigenvalue weighted by atomic mass is 10.0. The smallest absolute Gasteiger partial charge is 0.137 e. The van der Waals surface area contributed by atoms with Gasteiger partial charge in [-0.3, -0.25) is 0 Å². The predicted molar refractivity (Wildman–Crippen MR) is 74.9 cm³/mol. The Labute approximate surface area is 118 Å². The average Bonchev–Trinajstić information content (AvgIpc) is 2.91. The van der Waals surface area contributed by atoms with E-state index in [1.807, 2.05) is 30.3 Å². The van der Waals surface area contributed by atoms with Crippen LogP contribution in [0.3, 0.4) is 0 Å². The topological polar surface area (TPSA) is 42.6 Å². The summed E-state index contributed by atoms with van der Waals surface area (Å²) in [5.41, 5.74) is 2.04. The first kappa shape index (κ1) is 12.0. The molecule has 1 aromatic heterocycles. The standard InChI is InChI=1S/C17H18O3/c1-10-8-13(10)15-4-5-16(20-15)17(18)12-2-3-14-11(9-12)6-7-19-14/h2-5,9-10,13,17-18H,6-8H2,1H3. The lowest BCUT2D eigenvalue weighted by molar-refractivity contribution is 0.186. The monoisotopic (exact) mass is 270 g/mol. The van der Waals surface area contributed by atoms with E-state index in [9.17, 15) is 5.11 Å². The van der Waals surface area contributed by atoms with Crippen LogP contribution in [0.25, 0.3) is 0 Å². The molecule has 3 atom stereocenters. The van der Waals surface area contributed by atoms with E-state index >= 15 is 0 Å². The highest BCUT2D eigenvalue weighted by Gasteiger charge is 2.37. The molecule has 2 aliphatic rings. The van der Waals surface area contributed by atoms with Crippen molar-refractivity contribution < 1.29 is 14.3 Å². The van der Waals surface area contributed by atoms with E-state index in [0.717, 1.165) is 30.1 Å². The molecule has 1 aliphatic heterocycles. The Bertz CT molecular complexity index is 643. The van der Waals surface area contributed by atoms with Crippen molar-refractivity contribution in [1.82, 2.24) is 0 Å². The maximum atomic E-state index is 10.5. The molecule has 1 saturated carbocycles. The van der Waals surface area contributed by atoms with Crippen LogP contribution in [-0.2, 0) is 6.42 Å². The van der Waals surface area contributed by atoms with Gasteiger partial charge in [0.15, 0.2) is 0 Å². The van der Waals surface area contributed by atoms with Crippen molar-refractivity contribution in [2.75, 3.05) is 6.61 Å². The maximum absolute atomic E-state index is 10.5. The van der Waals surface area contributed by atoms with Crippen molar-refractivity contribution in [3.05, 3.63) is 53.0 Å². The molecule has 1 N–H and O–H groups in total. The maximum Gasteiger partial charge on any atom is 0.137 e. The molecule has 104 valence electrons. The minimum atomic E-state index is -0.691. The molecule has 2 heterocycles. The van der Waals surface area contributed by atoms with E-state index in [0.29, 0.717) is 17.6 Å². The molecule has 1 aromatic carbocycles. The van der Waals surface area contributed by atoms with Crippen LogP contribution in [0.1, 0.15) is 48.0 Å². The number of rotatable bonds is 3. The van der Waals surface area contributed by atoms with Crippen molar-refractivity contribution in [1.29, 1.82) is 0 Å². The summed E-state index contributed by atoms with van der Waals surface area (Å²) >= 11 is 0. The number of aliphatic hydroxyl groups is 1. The largest absolute Gasteiger partial charge is 0.493 e.